The Balaban J connectivity index is 0.00000105. The molecule has 0 aliphatic carbocycles. The third-order valence-corrected chi connectivity index (χ3v) is 13.1. The molecule has 4 aliphatic heterocycles. The van der Waals surface area contributed by atoms with Gasteiger partial charge in [-0.25, -0.2) is 19.2 Å². The van der Waals surface area contributed by atoms with Gasteiger partial charge in [-0.3, -0.25) is 4.98 Å². The van der Waals surface area contributed by atoms with Crippen molar-refractivity contribution >= 4 is 36.2 Å². The van der Waals surface area contributed by atoms with Gasteiger partial charge in [0.25, 0.3) is 0 Å². The first-order valence-electron chi connectivity index (χ1n) is 32.7. The third kappa shape index (κ3) is 45.0. The molecule has 4 saturated heterocycles. The molecule has 24 nitrogen and oxygen atoms in total. The van der Waals surface area contributed by atoms with Gasteiger partial charge < -0.3 is 88.7 Å². The Morgan fingerprint density at radius 2 is 0.967 bits per heavy atom. The van der Waals surface area contributed by atoms with Crippen molar-refractivity contribution < 1.29 is 52.2 Å². The van der Waals surface area contributed by atoms with Gasteiger partial charge in [0.05, 0.1) is 0 Å². The Morgan fingerprint density at radius 3 is 1.33 bits per heavy atom. The molecule has 4 amide bonds. The number of nitrogens with two attached hydrogens (primary N) is 7. The van der Waals surface area contributed by atoms with Gasteiger partial charge in [-0.1, -0.05) is 42.2 Å². The summed E-state index contributed by atoms with van der Waals surface area (Å²) < 4.78 is 27.7. The van der Waals surface area contributed by atoms with E-state index in [4.69, 9.17) is 63.8 Å². The second kappa shape index (κ2) is 45.0. The maximum absolute atomic E-state index is 11.7. The number of unbranched alkanes of at least 4 members (excludes halogenated alkanes) is 1. The maximum Gasteiger partial charge on any atom is 0.602 e. The van der Waals surface area contributed by atoms with E-state index in [1.165, 1.54) is 17.4 Å². The predicted molar refractivity (Wildman–Crippen MR) is 368 cm³/mol. The molecule has 0 unspecified atom stereocenters. The van der Waals surface area contributed by atoms with Crippen LogP contribution in [0.25, 0.3) is 0 Å². The Bertz CT molecular complexity index is 2440. The fourth-order valence-electron chi connectivity index (χ4n) is 8.26. The minimum Gasteiger partial charge on any atom is -0.444 e. The van der Waals surface area contributed by atoms with Crippen molar-refractivity contribution in [1.29, 1.82) is 0 Å². The number of nitrogens with zero attached hydrogens (tertiary/aromatic N) is 6. The molecule has 3 aromatic rings. The number of carbonyl (C=O) groups is 5. The zero-order valence-corrected chi connectivity index (χ0v) is 59.3. The summed E-state index contributed by atoms with van der Waals surface area (Å²) in [6.07, 6.45) is 13.9. The van der Waals surface area contributed by atoms with Crippen LogP contribution in [0.4, 0.5) is 29.7 Å². The molecule has 526 valence electrons. The molecule has 0 saturated carbocycles. The second-order valence-electron chi connectivity index (χ2n) is 27.8. The lowest BCUT2D eigenvalue weighted by atomic mass is 9.97. The second-order valence-corrected chi connectivity index (χ2v) is 27.8. The lowest BCUT2D eigenvalue weighted by molar-refractivity contribution is -0.588. The Hall–Kier alpha value is -6.41. The van der Waals surface area contributed by atoms with E-state index in [0.717, 1.165) is 134 Å². The van der Waals surface area contributed by atoms with Crippen molar-refractivity contribution in [2.45, 2.75) is 209 Å². The number of para-hydroxylation sites is 1. The van der Waals surface area contributed by atoms with E-state index in [2.05, 4.69) is 17.2 Å². The molecule has 15 N–H and O–H groups in total. The highest BCUT2D eigenvalue weighted by atomic mass is 16.6. The van der Waals surface area contributed by atoms with Gasteiger partial charge in [0, 0.05) is 114 Å². The normalized spacial score (nSPS) is 16.1. The minimum atomic E-state index is -0.483. The fourth-order valence-corrected chi connectivity index (χ4v) is 8.26. The zero-order chi connectivity index (χ0) is 70.1. The summed E-state index contributed by atoms with van der Waals surface area (Å²) in [5.74, 6) is 1.01. The summed E-state index contributed by atoms with van der Waals surface area (Å²) in [7, 11) is 0. The molecule has 24 heteroatoms. The molecule has 92 heavy (non-hydrogen) atoms. The smallest absolute Gasteiger partial charge is 0.444 e. The predicted octanol–water partition coefficient (Wildman–Crippen LogP) is 9.13. The van der Waals surface area contributed by atoms with Crippen LogP contribution in [0, 0.1) is 11.8 Å². The number of rotatable bonds is 6. The molecule has 2 aromatic heterocycles. The lowest BCUT2D eigenvalue weighted by Crippen LogP contribution is -2.48. The van der Waals surface area contributed by atoms with Crippen LogP contribution in [0.2, 0.25) is 0 Å². The summed E-state index contributed by atoms with van der Waals surface area (Å²) in [4.78, 5) is 69.0. The van der Waals surface area contributed by atoms with Crippen LogP contribution < -0.4 is 50.0 Å². The van der Waals surface area contributed by atoms with Crippen molar-refractivity contribution in [2.24, 2.45) is 46.2 Å². The third-order valence-electron chi connectivity index (χ3n) is 13.1. The standard InChI is InChI=1S/2C11H22N2O2.C11H17N2O2.C10H20N2O2.C9H18N2O2.C6H8N2.C6H7N.C4H11N/c1-11(2,3)15-10(14)13-6-4-9(8-12)5-7-13;2*1-11(2,3)15-10(14)13-6-4-5-9(7-12)8-13;1-10(2,3)14-9(13)12-6-4-8(11)5-7-12;1-9(2,3)13-8(12)11-6-4-10-5-7-11;7-4-6-2-1-3-8-5-6;7-6-4-2-1-3-5-6;1-2-3-4-5/h2*9H,4-8,12H2,1-3H3;4-6,8H,7,12H2,1-3H3;8H,4-7,11H2,1-3H3;10H,4-7H2,1-3H3;1-3,5H,4,7H2;1-5H,7H2;2-5H2,1H3/q;;+1;;;;;/t;9-;;;;;;/m.0....../s1. The van der Waals surface area contributed by atoms with Crippen molar-refractivity contribution in [2.75, 3.05) is 90.8 Å². The Kier molecular flexibility index (Phi) is 41.9. The van der Waals surface area contributed by atoms with Gasteiger partial charge in [-0.15, -0.1) is 0 Å². The van der Waals surface area contributed by atoms with Crippen LogP contribution in [0.1, 0.15) is 173 Å². The number of nitrogens with one attached hydrogen (secondary N) is 1. The van der Waals surface area contributed by atoms with E-state index in [0.29, 0.717) is 31.5 Å². The molecule has 7 rings (SSSR count). The van der Waals surface area contributed by atoms with Gasteiger partial charge in [0.15, 0.2) is 12.4 Å². The van der Waals surface area contributed by atoms with Gasteiger partial charge in [0.2, 0.25) is 0 Å². The number of piperidine rings is 3. The van der Waals surface area contributed by atoms with Gasteiger partial charge in [-0.05, 0) is 210 Å². The van der Waals surface area contributed by atoms with Crippen LogP contribution in [0.15, 0.2) is 79.4 Å². The SMILES string of the molecule is CC(C)(C)OC(=O)N1CCC(CN)CC1.CC(C)(C)OC(=O)N1CCC(N)CC1.CC(C)(C)OC(=O)N1CCC[C@@H](CN)C1.CC(C)(C)OC(=O)N1CCNCC1.CC(C)(C)OC(=O)[n+]1cccc(CN)c1.CCCCN.NCc1cccnc1.Nc1ccccc1. The molecule has 1 atom stereocenters. The monoisotopic (exact) mass is 1300 g/mol. The minimum absolute atomic E-state index is 0.196. The first-order valence-corrected chi connectivity index (χ1v) is 32.7. The number of amides is 4. The van der Waals surface area contributed by atoms with E-state index in [1.807, 2.05) is 152 Å². The van der Waals surface area contributed by atoms with Crippen LogP contribution >= 0.6 is 0 Å². The highest BCUT2D eigenvalue weighted by Crippen LogP contribution is 2.21. The van der Waals surface area contributed by atoms with Crippen molar-refractivity contribution in [3.8, 4) is 0 Å². The summed E-state index contributed by atoms with van der Waals surface area (Å²) in [5, 5.41) is 3.18. The van der Waals surface area contributed by atoms with Crippen LogP contribution in [0.5, 0.6) is 0 Å². The molecular weight excluding hydrogens is 1170 g/mol. The molecule has 6 heterocycles. The topological polar surface area (TPSA) is 355 Å². The number of ether oxygens (including phenoxy) is 5. The largest absolute Gasteiger partial charge is 0.602 e. The number of benzene rings is 1. The van der Waals surface area contributed by atoms with Crippen molar-refractivity contribution in [3.05, 3.63) is 90.5 Å². The van der Waals surface area contributed by atoms with Crippen molar-refractivity contribution in [3.63, 3.8) is 0 Å². The van der Waals surface area contributed by atoms with E-state index in [1.54, 1.807) is 50.5 Å². The van der Waals surface area contributed by atoms with E-state index in [-0.39, 0.29) is 36.0 Å². The highest BCUT2D eigenvalue weighted by Gasteiger charge is 2.30. The number of hydrogen-bond acceptors (Lipinski definition) is 19. The summed E-state index contributed by atoms with van der Waals surface area (Å²) >= 11 is 0. The summed E-state index contributed by atoms with van der Waals surface area (Å²) in [5.41, 5.74) is 38.9. The number of carbonyl (C=O) groups excluding carboxylic acids is 5. The Labute approximate surface area is 553 Å². The number of piperazine rings is 1. The molecule has 4 aliphatic rings. The molecule has 4 fully saturated rings. The van der Waals surface area contributed by atoms with E-state index in [9.17, 15) is 24.0 Å². The van der Waals surface area contributed by atoms with Gasteiger partial charge >= 0.3 is 30.5 Å². The van der Waals surface area contributed by atoms with E-state index >= 15 is 0 Å². The van der Waals surface area contributed by atoms with Gasteiger partial charge in [-0.2, -0.15) is 4.79 Å². The molecular formula is C68H125N14O10+. The zero-order valence-electron chi connectivity index (χ0n) is 59.3. The molecule has 0 radical (unpaired) electrons. The molecule has 0 bridgehead atoms. The molecule has 1 aromatic carbocycles. The van der Waals surface area contributed by atoms with Gasteiger partial charge in [0.1, 0.15) is 28.0 Å². The maximum atomic E-state index is 11.7. The quantitative estimate of drug-likeness (QED) is 0.0647. The first kappa shape index (κ1) is 85.6. The average molecular weight is 1300 g/mol. The number of likely N-dealkylation sites (tertiary alicyclic amines) is 3. The highest BCUT2D eigenvalue weighted by molar-refractivity contribution is 5.69. The van der Waals surface area contributed by atoms with Crippen LogP contribution in [0.3, 0.4) is 0 Å². The number of anilines is 1. The number of pyridine rings is 2. The summed E-state index contributed by atoms with van der Waals surface area (Å²) in [6, 6.07) is 17.2. The number of nitrogen functional groups attached to an aromatic ring is 1. The average Bonchev–Trinajstić information content (AvgIpc) is 1.88. The van der Waals surface area contributed by atoms with Crippen LogP contribution in [-0.2, 0) is 36.8 Å². The van der Waals surface area contributed by atoms with E-state index < -0.39 is 28.5 Å². The lowest BCUT2D eigenvalue weighted by Gasteiger charge is -2.33. The summed E-state index contributed by atoms with van der Waals surface area (Å²) in [6.45, 7) is 41.2. The first-order chi connectivity index (χ1) is 42.9. The fraction of sp³-hybridized carbons (Fsp3) is 0.691. The van der Waals surface area contributed by atoms with Crippen LogP contribution in [-0.4, -0.2) is 174 Å². The Morgan fingerprint density at radius 1 is 0.533 bits per heavy atom. The molecule has 0 spiro atoms. The number of aromatic nitrogens is 2. The number of hydrogen-bond donors (Lipinski definition) is 8. The van der Waals surface area contributed by atoms with Crippen molar-refractivity contribution in [1.82, 2.24) is 29.9 Å².